The van der Waals surface area contributed by atoms with E-state index >= 15 is 0 Å². The van der Waals surface area contributed by atoms with Crippen LogP contribution in [0.15, 0.2) is 51.9 Å². The van der Waals surface area contributed by atoms with Crippen molar-refractivity contribution >= 4 is 0 Å². The SMILES string of the molecule is C[C@H](c1cc(=O)cco1)N1Cc2ccccc2[C@H]2C[C@H]21. The summed E-state index contributed by atoms with van der Waals surface area (Å²) in [5, 5.41) is 0. The highest BCUT2D eigenvalue weighted by atomic mass is 16.3. The molecule has 0 unspecified atom stereocenters. The molecule has 0 bridgehead atoms. The Hall–Kier alpha value is -1.87. The smallest absolute Gasteiger partial charge is 0.185 e. The van der Waals surface area contributed by atoms with Crippen LogP contribution in [0.4, 0.5) is 0 Å². The van der Waals surface area contributed by atoms with Crippen LogP contribution in [0.25, 0.3) is 0 Å². The first-order valence-electron chi connectivity index (χ1n) is 7.16. The van der Waals surface area contributed by atoms with E-state index in [0.29, 0.717) is 12.0 Å². The fourth-order valence-corrected chi connectivity index (χ4v) is 3.44. The molecule has 102 valence electrons. The minimum Gasteiger partial charge on any atom is -0.467 e. The van der Waals surface area contributed by atoms with Crippen molar-refractivity contribution in [2.45, 2.75) is 37.9 Å². The van der Waals surface area contributed by atoms with Gasteiger partial charge in [0.25, 0.3) is 0 Å². The molecule has 0 N–H and O–H groups in total. The van der Waals surface area contributed by atoms with Gasteiger partial charge in [-0.3, -0.25) is 9.69 Å². The predicted octanol–water partition coefficient (Wildman–Crippen LogP) is 3.07. The van der Waals surface area contributed by atoms with Crippen LogP contribution in [0.2, 0.25) is 0 Å². The van der Waals surface area contributed by atoms with E-state index in [1.54, 1.807) is 6.07 Å². The first kappa shape index (κ1) is 11.9. The average molecular weight is 267 g/mol. The summed E-state index contributed by atoms with van der Waals surface area (Å²) < 4.78 is 5.54. The highest BCUT2D eigenvalue weighted by Gasteiger charge is 2.48. The molecule has 20 heavy (non-hydrogen) atoms. The molecule has 1 saturated carbocycles. The minimum atomic E-state index is 0.0165. The van der Waals surface area contributed by atoms with Crippen LogP contribution in [0.3, 0.4) is 0 Å². The Balaban J connectivity index is 1.67. The number of rotatable bonds is 2. The lowest BCUT2D eigenvalue weighted by Gasteiger charge is -2.32. The van der Waals surface area contributed by atoms with Gasteiger partial charge in [0.15, 0.2) is 5.43 Å². The van der Waals surface area contributed by atoms with Gasteiger partial charge >= 0.3 is 0 Å². The lowest BCUT2D eigenvalue weighted by atomic mass is 9.98. The quantitative estimate of drug-likeness (QED) is 0.838. The normalized spacial score (nSPS) is 25.6. The van der Waals surface area contributed by atoms with Gasteiger partial charge in [0, 0.05) is 30.6 Å². The maximum absolute atomic E-state index is 11.5. The topological polar surface area (TPSA) is 33.5 Å². The summed E-state index contributed by atoms with van der Waals surface area (Å²) in [7, 11) is 0. The number of hydrogen-bond acceptors (Lipinski definition) is 3. The summed E-state index contributed by atoms with van der Waals surface area (Å²) in [6, 6.07) is 12.5. The Morgan fingerprint density at radius 2 is 2.15 bits per heavy atom. The predicted molar refractivity (Wildman–Crippen MR) is 76.5 cm³/mol. The van der Waals surface area contributed by atoms with E-state index in [4.69, 9.17) is 4.42 Å². The Bertz CT molecular complexity index is 706. The van der Waals surface area contributed by atoms with Crippen molar-refractivity contribution in [1.29, 1.82) is 0 Å². The molecule has 4 rings (SSSR count). The van der Waals surface area contributed by atoms with E-state index in [1.807, 2.05) is 0 Å². The molecule has 0 saturated heterocycles. The van der Waals surface area contributed by atoms with Crippen LogP contribution in [-0.4, -0.2) is 10.9 Å². The van der Waals surface area contributed by atoms with Crippen molar-refractivity contribution in [3.63, 3.8) is 0 Å². The lowest BCUT2D eigenvalue weighted by Crippen LogP contribution is -2.33. The standard InChI is InChI=1S/C17H17NO2/c1-11(17-8-13(19)6-7-20-17)18-10-12-4-2-3-5-14(12)15-9-16(15)18/h2-8,11,15-16H,9-10H2,1H3/t11-,15-,16-/m1/s1. The molecule has 1 aliphatic carbocycles. The number of fused-ring (bicyclic) bond motifs is 3. The van der Waals surface area contributed by atoms with E-state index in [1.165, 1.54) is 29.9 Å². The molecule has 3 nitrogen and oxygen atoms in total. The van der Waals surface area contributed by atoms with Gasteiger partial charge in [-0.05, 0) is 24.5 Å². The van der Waals surface area contributed by atoms with Crippen LogP contribution >= 0.6 is 0 Å². The van der Waals surface area contributed by atoms with Crippen molar-refractivity contribution in [3.05, 3.63) is 69.8 Å². The Labute approximate surface area is 117 Å². The van der Waals surface area contributed by atoms with Crippen molar-refractivity contribution < 1.29 is 4.42 Å². The molecule has 2 heterocycles. The minimum absolute atomic E-state index is 0.0165. The molecule has 0 amide bonds. The molecule has 1 fully saturated rings. The molecular weight excluding hydrogens is 250 g/mol. The largest absolute Gasteiger partial charge is 0.467 e. The second-order valence-corrected chi connectivity index (χ2v) is 5.83. The summed E-state index contributed by atoms with van der Waals surface area (Å²) in [6.07, 6.45) is 2.72. The Morgan fingerprint density at radius 3 is 3.00 bits per heavy atom. The molecule has 2 aromatic rings. The van der Waals surface area contributed by atoms with Gasteiger partial charge in [0.1, 0.15) is 5.76 Å². The summed E-state index contributed by atoms with van der Waals surface area (Å²) in [4.78, 5) is 14.0. The molecule has 3 heteroatoms. The average Bonchev–Trinajstić information content (AvgIpc) is 3.26. The zero-order chi connectivity index (χ0) is 13.7. The van der Waals surface area contributed by atoms with Gasteiger partial charge in [0.05, 0.1) is 12.3 Å². The fourth-order valence-electron chi connectivity index (χ4n) is 3.44. The van der Waals surface area contributed by atoms with Crippen LogP contribution in [0.5, 0.6) is 0 Å². The fraction of sp³-hybridized carbons (Fsp3) is 0.353. The van der Waals surface area contributed by atoms with Gasteiger partial charge in [-0.15, -0.1) is 0 Å². The van der Waals surface area contributed by atoms with Crippen LogP contribution in [-0.2, 0) is 6.54 Å². The number of nitrogens with zero attached hydrogens (tertiary/aromatic N) is 1. The number of benzene rings is 1. The molecule has 2 aliphatic rings. The lowest BCUT2D eigenvalue weighted by molar-refractivity contribution is 0.157. The molecule has 3 atom stereocenters. The maximum atomic E-state index is 11.5. The van der Waals surface area contributed by atoms with Gasteiger partial charge in [-0.2, -0.15) is 0 Å². The molecule has 1 aromatic heterocycles. The second-order valence-electron chi connectivity index (χ2n) is 5.83. The number of hydrogen-bond donors (Lipinski definition) is 0. The summed E-state index contributed by atoms with van der Waals surface area (Å²) in [5.74, 6) is 1.43. The van der Waals surface area contributed by atoms with Crippen LogP contribution in [0.1, 0.15) is 42.2 Å². The van der Waals surface area contributed by atoms with Crippen molar-refractivity contribution in [2.75, 3.05) is 0 Å². The van der Waals surface area contributed by atoms with E-state index in [0.717, 1.165) is 12.3 Å². The Kier molecular flexibility index (Phi) is 2.57. The third kappa shape index (κ3) is 1.81. The third-order valence-electron chi connectivity index (χ3n) is 4.62. The van der Waals surface area contributed by atoms with Crippen molar-refractivity contribution in [2.24, 2.45) is 0 Å². The van der Waals surface area contributed by atoms with E-state index in [9.17, 15) is 4.79 Å². The first-order valence-corrected chi connectivity index (χ1v) is 7.16. The summed E-state index contributed by atoms with van der Waals surface area (Å²) >= 11 is 0. The zero-order valence-electron chi connectivity index (χ0n) is 11.5. The van der Waals surface area contributed by atoms with Gasteiger partial charge in [0.2, 0.25) is 0 Å². The Morgan fingerprint density at radius 1 is 1.30 bits per heavy atom. The molecular formula is C17H17NO2. The van der Waals surface area contributed by atoms with E-state index in [-0.39, 0.29) is 11.5 Å². The second kappa shape index (κ2) is 4.32. The third-order valence-corrected chi connectivity index (χ3v) is 4.62. The van der Waals surface area contributed by atoms with Crippen LogP contribution in [0, 0.1) is 0 Å². The summed E-state index contributed by atoms with van der Waals surface area (Å²) in [6.45, 7) is 3.07. The highest BCUT2D eigenvalue weighted by molar-refractivity contribution is 5.39. The van der Waals surface area contributed by atoms with Crippen molar-refractivity contribution in [3.8, 4) is 0 Å². The first-order chi connectivity index (χ1) is 9.74. The zero-order valence-corrected chi connectivity index (χ0v) is 11.5. The van der Waals surface area contributed by atoms with Gasteiger partial charge in [-0.25, -0.2) is 0 Å². The monoisotopic (exact) mass is 267 g/mol. The van der Waals surface area contributed by atoms with Gasteiger partial charge < -0.3 is 4.42 Å². The molecule has 1 aliphatic heterocycles. The molecule has 0 radical (unpaired) electrons. The highest BCUT2D eigenvalue weighted by Crippen LogP contribution is 2.52. The molecule has 0 spiro atoms. The summed E-state index contributed by atoms with van der Waals surface area (Å²) in [5.41, 5.74) is 2.94. The van der Waals surface area contributed by atoms with E-state index < -0.39 is 0 Å². The van der Waals surface area contributed by atoms with Crippen LogP contribution < -0.4 is 5.43 Å². The molecule has 1 aromatic carbocycles. The maximum Gasteiger partial charge on any atom is 0.185 e. The van der Waals surface area contributed by atoms with Crippen molar-refractivity contribution in [1.82, 2.24) is 4.90 Å². The van der Waals surface area contributed by atoms with Gasteiger partial charge in [-0.1, -0.05) is 24.3 Å². The van der Waals surface area contributed by atoms with E-state index in [2.05, 4.69) is 36.1 Å².